The van der Waals surface area contributed by atoms with Crippen molar-refractivity contribution in [3.8, 4) is 0 Å². The van der Waals surface area contributed by atoms with Gasteiger partial charge in [-0.3, -0.25) is 4.79 Å². The molecule has 1 amide bonds. The van der Waals surface area contributed by atoms with Crippen molar-refractivity contribution >= 4 is 24.3 Å². The van der Waals surface area contributed by atoms with Crippen LogP contribution in [0.5, 0.6) is 0 Å². The number of hydrogen-bond donors (Lipinski definition) is 2. The van der Waals surface area contributed by atoms with Gasteiger partial charge in [0.25, 0.3) is 0 Å². The average molecular weight is 195 g/mol. The quantitative estimate of drug-likeness (QED) is 0.508. The molecule has 12 heavy (non-hydrogen) atoms. The summed E-state index contributed by atoms with van der Waals surface area (Å²) in [5.41, 5.74) is 0. The van der Waals surface area contributed by atoms with E-state index in [1.165, 1.54) is 7.11 Å². The van der Waals surface area contributed by atoms with Crippen molar-refractivity contribution in [3.63, 3.8) is 0 Å². The van der Waals surface area contributed by atoms with Crippen molar-refractivity contribution < 1.29 is 14.3 Å². The zero-order chi connectivity index (χ0) is 8.27. The van der Waals surface area contributed by atoms with Gasteiger partial charge in [-0.2, -0.15) is 0 Å². The highest BCUT2D eigenvalue weighted by atomic mass is 35.5. The number of rotatable bonds is 1. The normalized spacial score (nSPS) is 22.1. The Labute approximate surface area is 76.2 Å². The summed E-state index contributed by atoms with van der Waals surface area (Å²) < 4.78 is 4.44. The van der Waals surface area contributed by atoms with Crippen LogP contribution in [-0.4, -0.2) is 38.1 Å². The first-order valence-electron chi connectivity index (χ1n) is 3.32. The summed E-state index contributed by atoms with van der Waals surface area (Å²) in [6.07, 6.45) is 0. The van der Waals surface area contributed by atoms with Crippen LogP contribution in [-0.2, 0) is 14.3 Å². The maximum absolute atomic E-state index is 10.8. The molecule has 1 aliphatic heterocycles. The average Bonchev–Trinajstić information content (AvgIpc) is 2.03. The predicted octanol–water partition coefficient (Wildman–Crippen LogP) is -1.33. The number of hydrogen-bond acceptors (Lipinski definition) is 4. The molecule has 70 valence electrons. The van der Waals surface area contributed by atoms with Gasteiger partial charge in [-0.05, 0) is 0 Å². The Morgan fingerprint density at radius 1 is 1.67 bits per heavy atom. The van der Waals surface area contributed by atoms with Crippen molar-refractivity contribution in [1.82, 2.24) is 10.6 Å². The number of ether oxygens (including phenoxy) is 1. The van der Waals surface area contributed by atoms with Gasteiger partial charge < -0.3 is 15.4 Å². The van der Waals surface area contributed by atoms with Gasteiger partial charge in [-0.15, -0.1) is 12.4 Å². The van der Waals surface area contributed by atoms with Crippen LogP contribution in [0.3, 0.4) is 0 Å². The number of amides is 1. The maximum Gasteiger partial charge on any atom is 0.329 e. The lowest BCUT2D eigenvalue weighted by atomic mass is 10.2. The minimum absolute atomic E-state index is 0. The van der Waals surface area contributed by atoms with E-state index in [4.69, 9.17) is 0 Å². The standard InChI is InChI=1S/C6H10N2O3.ClH/c1-11-6(10)4-2-7-3-5(9)8-4;/h4,7H,2-3H2,1H3,(H,8,9);1H/t4-;/m0./s1. The fourth-order valence-corrected chi connectivity index (χ4v) is 0.911. The fraction of sp³-hybridized carbons (Fsp3) is 0.667. The number of piperazine rings is 1. The largest absolute Gasteiger partial charge is 0.467 e. The zero-order valence-corrected chi connectivity index (χ0v) is 7.44. The maximum atomic E-state index is 10.8. The number of nitrogens with one attached hydrogen (secondary N) is 2. The van der Waals surface area contributed by atoms with E-state index in [0.717, 1.165) is 0 Å². The summed E-state index contributed by atoms with van der Waals surface area (Å²) in [5.74, 6) is -0.586. The van der Waals surface area contributed by atoms with E-state index in [1.54, 1.807) is 0 Å². The fourth-order valence-electron chi connectivity index (χ4n) is 0.911. The third-order valence-corrected chi connectivity index (χ3v) is 1.45. The number of carbonyl (C=O) groups excluding carboxylic acids is 2. The molecule has 0 spiro atoms. The molecule has 5 nitrogen and oxygen atoms in total. The molecule has 1 heterocycles. The summed E-state index contributed by atoms with van der Waals surface area (Å²) in [6, 6.07) is -0.527. The molecule has 0 aromatic heterocycles. The number of methoxy groups -OCH3 is 1. The number of halogens is 1. The van der Waals surface area contributed by atoms with Crippen LogP contribution >= 0.6 is 12.4 Å². The van der Waals surface area contributed by atoms with Crippen molar-refractivity contribution in [1.29, 1.82) is 0 Å². The summed E-state index contributed by atoms with van der Waals surface area (Å²) in [4.78, 5) is 21.5. The minimum Gasteiger partial charge on any atom is -0.467 e. The molecule has 0 radical (unpaired) electrons. The van der Waals surface area contributed by atoms with Gasteiger partial charge in [0.1, 0.15) is 6.04 Å². The van der Waals surface area contributed by atoms with Crippen molar-refractivity contribution in [2.24, 2.45) is 0 Å². The van der Waals surface area contributed by atoms with Gasteiger partial charge in [-0.25, -0.2) is 4.79 Å². The molecular formula is C6H11ClN2O3. The Kier molecular flexibility index (Phi) is 4.61. The highest BCUT2D eigenvalue weighted by Crippen LogP contribution is 1.90. The SMILES string of the molecule is COC(=O)[C@@H]1CNCC(=O)N1.Cl. The molecule has 1 atom stereocenters. The second-order valence-electron chi connectivity index (χ2n) is 2.27. The molecule has 6 heteroatoms. The van der Waals surface area contributed by atoms with Crippen molar-refractivity contribution in [3.05, 3.63) is 0 Å². The third kappa shape index (κ3) is 2.67. The van der Waals surface area contributed by atoms with E-state index >= 15 is 0 Å². The molecule has 0 unspecified atom stereocenters. The van der Waals surface area contributed by atoms with Gasteiger partial charge in [0.05, 0.1) is 13.7 Å². The lowest BCUT2D eigenvalue weighted by Crippen LogP contribution is -2.55. The third-order valence-electron chi connectivity index (χ3n) is 1.45. The smallest absolute Gasteiger partial charge is 0.329 e. The Hall–Kier alpha value is -0.810. The Bertz CT molecular complexity index is 186. The molecule has 0 aromatic rings. The first kappa shape index (κ1) is 11.2. The molecule has 2 N–H and O–H groups in total. The van der Waals surface area contributed by atoms with Gasteiger partial charge in [0.2, 0.25) is 5.91 Å². The zero-order valence-electron chi connectivity index (χ0n) is 6.62. The van der Waals surface area contributed by atoms with Crippen LogP contribution in [0.4, 0.5) is 0 Å². The van der Waals surface area contributed by atoms with Gasteiger partial charge in [0, 0.05) is 6.54 Å². The topological polar surface area (TPSA) is 67.4 Å². The Balaban J connectivity index is 0.00000121. The molecule has 1 fully saturated rings. The van der Waals surface area contributed by atoms with Crippen LogP contribution in [0.15, 0.2) is 0 Å². The van der Waals surface area contributed by atoms with E-state index in [2.05, 4.69) is 15.4 Å². The summed E-state index contributed by atoms with van der Waals surface area (Å²) in [5, 5.41) is 5.28. The number of carbonyl (C=O) groups is 2. The highest BCUT2D eigenvalue weighted by molar-refractivity contribution is 5.86. The first-order valence-corrected chi connectivity index (χ1v) is 3.32. The van der Waals surface area contributed by atoms with Crippen LogP contribution in [0, 0.1) is 0 Å². The van der Waals surface area contributed by atoms with E-state index < -0.39 is 12.0 Å². The first-order chi connectivity index (χ1) is 5.24. The summed E-state index contributed by atoms with van der Waals surface area (Å²) >= 11 is 0. The van der Waals surface area contributed by atoms with Crippen LogP contribution in [0.2, 0.25) is 0 Å². The molecule has 0 aromatic carbocycles. The molecule has 1 rings (SSSR count). The van der Waals surface area contributed by atoms with E-state index in [1.807, 2.05) is 0 Å². The van der Waals surface area contributed by atoms with Gasteiger partial charge in [0.15, 0.2) is 0 Å². The lowest BCUT2D eigenvalue weighted by molar-refractivity contribution is -0.145. The highest BCUT2D eigenvalue weighted by Gasteiger charge is 2.24. The molecular weight excluding hydrogens is 184 g/mol. The summed E-state index contributed by atoms with van der Waals surface area (Å²) in [6.45, 7) is 0.714. The van der Waals surface area contributed by atoms with E-state index in [-0.39, 0.29) is 24.9 Å². The monoisotopic (exact) mass is 194 g/mol. The van der Waals surface area contributed by atoms with Crippen molar-refractivity contribution in [2.45, 2.75) is 6.04 Å². The van der Waals surface area contributed by atoms with E-state index in [9.17, 15) is 9.59 Å². The second kappa shape index (κ2) is 4.95. The van der Waals surface area contributed by atoms with Gasteiger partial charge >= 0.3 is 5.97 Å². The molecule has 1 aliphatic rings. The molecule has 1 saturated heterocycles. The molecule has 0 bridgehead atoms. The second-order valence-corrected chi connectivity index (χ2v) is 2.27. The Morgan fingerprint density at radius 2 is 2.33 bits per heavy atom. The summed E-state index contributed by atoms with van der Waals surface area (Å²) in [7, 11) is 1.29. The van der Waals surface area contributed by atoms with Crippen LogP contribution < -0.4 is 10.6 Å². The Morgan fingerprint density at radius 3 is 2.83 bits per heavy atom. The lowest BCUT2D eigenvalue weighted by Gasteiger charge is -2.21. The predicted molar refractivity (Wildman–Crippen MR) is 44.1 cm³/mol. The number of esters is 1. The molecule has 0 aliphatic carbocycles. The van der Waals surface area contributed by atoms with Crippen LogP contribution in [0.1, 0.15) is 0 Å². The minimum atomic E-state index is -0.527. The van der Waals surface area contributed by atoms with E-state index in [0.29, 0.717) is 6.54 Å². The van der Waals surface area contributed by atoms with Crippen molar-refractivity contribution in [2.75, 3.05) is 20.2 Å². The molecule has 0 saturated carbocycles. The van der Waals surface area contributed by atoms with Gasteiger partial charge in [-0.1, -0.05) is 0 Å². The van der Waals surface area contributed by atoms with Crippen LogP contribution in [0.25, 0.3) is 0 Å².